The van der Waals surface area contributed by atoms with Gasteiger partial charge in [0.25, 0.3) is 0 Å². The highest BCUT2D eigenvalue weighted by Gasteiger charge is 2.06. The molecule has 2 heterocycles. The lowest BCUT2D eigenvalue weighted by Gasteiger charge is -1.86. The molecule has 11 heavy (non-hydrogen) atoms. The zero-order valence-corrected chi connectivity index (χ0v) is 8.43. The standard InChI is InChI=1S/C7H4INOS/c8-7-5(4-10-9-7)6-2-1-3-11-6/h1-4H. The molecular formula is C7H4INOS. The first-order valence-electron chi connectivity index (χ1n) is 3.01. The van der Waals surface area contributed by atoms with Crippen molar-refractivity contribution in [2.45, 2.75) is 0 Å². The minimum Gasteiger partial charge on any atom is -0.363 e. The molecule has 0 atom stereocenters. The Labute approximate surface area is 81.4 Å². The molecule has 0 N–H and O–H groups in total. The van der Waals surface area contributed by atoms with E-state index in [2.05, 4.69) is 33.8 Å². The van der Waals surface area contributed by atoms with Gasteiger partial charge in [-0.05, 0) is 34.0 Å². The monoisotopic (exact) mass is 277 g/mol. The van der Waals surface area contributed by atoms with E-state index < -0.39 is 0 Å². The first-order chi connectivity index (χ1) is 5.38. The fraction of sp³-hybridized carbons (Fsp3) is 0. The highest BCUT2D eigenvalue weighted by molar-refractivity contribution is 14.1. The number of rotatable bonds is 1. The summed E-state index contributed by atoms with van der Waals surface area (Å²) in [4.78, 5) is 1.20. The van der Waals surface area contributed by atoms with Gasteiger partial charge in [-0.2, -0.15) is 0 Å². The summed E-state index contributed by atoms with van der Waals surface area (Å²) in [6, 6.07) is 4.07. The van der Waals surface area contributed by atoms with Crippen LogP contribution in [-0.4, -0.2) is 5.16 Å². The largest absolute Gasteiger partial charge is 0.363 e. The SMILES string of the molecule is Ic1nocc1-c1cccs1. The van der Waals surface area contributed by atoms with Gasteiger partial charge in [0.15, 0.2) is 3.70 Å². The normalized spacial score (nSPS) is 10.3. The lowest BCUT2D eigenvalue weighted by atomic mass is 10.3. The van der Waals surface area contributed by atoms with Crippen molar-refractivity contribution in [2.24, 2.45) is 0 Å². The summed E-state index contributed by atoms with van der Waals surface area (Å²) >= 11 is 3.85. The van der Waals surface area contributed by atoms with Gasteiger partial charge in [0.2, 0.25) is 0 Å². The Morgan fingerprint density at radius 2 is 2.45 bits per heavy atom. The molecule has 0 aliphatic rings. The summed E-state index contributed by atoms with van der Waals surface area (Å²) in [7, 11) is 0. The molecule has 0 fully saturated rings. The van der Waals surface area contributed by atoms with Crippen LogP contribution < -0.4 is 0 Å². The predicted octanol–water partition coefficient (Wildman–Crippen LogP) is 3.01. The Balaban J connectivity index is 2.53. The van der Waals surface area contributed by atoms with Gasteiger partial charge in [0, 0.05) is 4.88 Å². The second kappa shape index (κ2) is 2.94. The fourth-order valence-corrected chi connectivity index (χ4v) is 2.26. The molecule has 2 aromatic rings. The van der Waals surface area contributed by atoms with E-state index in [1.54, 1.807) is 17.6 Å². The minimum atomic E-state index is 0.921. The van der Waals surface area contributed by atoms with E-state index in [1.165, 1.54) is 4.88 Å². The molecule has 0 aliphatic carbocycles. The average molecular weight is 277 g/mol. The molecule has 0 aromatic carbocycles. The predicted molar refractivity (Wildman–Crippen MR) is 52.5 cm³/mol. The smallest absolute Gasteiger partial charge is 0.152 e. The molecule has 0 aliphatic heterocycles. The van der Waals surface area contributed by atoms with E-state index in [1.807, 2.05) is 11.4 Å². The average Bonchev–Trinajstić information content (AvgIpc) is 2.55. The van der Waals surface area contributed by atoms with Crippen LogP contribution >= 0.6 is 33.9 Å². The van der Waals surface area contributed by atoms with Crippen LogP contribution in [0.15, 0.2) is 28.3 Å². The van der Waals surface area contributed by atoms with E-state index in [4.69, 9.17) is 4.52 Å². The Hall–Kier alpha value is -0.360. The minimum absolute atomic E-state index is 0.921. The van der Waals surface area contributed by atoms with Crippen molar-refractivity contribution in [1.29, 1.82) is 0 Å². The van der Waals surface area contributed by atoms with Gasteiger partial charge in [-0.25, -0.2) is 0 Å². The third kappa shape index (κ3) is 1.32. The van der Waals surface area contributed by atoms with E-state index in [-0.39, 0.29) is 0 Å². The van der Waals surface area contributed by atoms with Gasteiger partial charge in [-0.15, -0.1) is 11.3 Å². The zero-order chi connectivity index (χ0) is 7.68. The van der Waals surface area contributed by atoms with Gasteiger partial charge < -0.3 is 4.52 Å². The zero-order valence-electron chi connectivity index (χ0n) is 5.45. The van der Waals surface area contributed by atoms with Crippen molar-refractivity contribution in [2.75, 3.05) is 0 Å². The van der Waals surface area contributed by atoms with Crippen LogP contribution in [0.3, 0.4) is 0 Å². The van der Waals surface area contributed by atoms with E-state index >= 15 is 0 Å². The van der Waals surface area contributed by atoms with Crippen molar-refractivity contribution >= 4 is 33.9 Å². The van der Waals surface area contributed by atoms with Crippen LogP contribution in [0.4, 0.5) is 0 Å². The third-order valence-electron chi connectivity index (χ3n) is 1.31. The van der Waals surface area contributed by atoms with Crippen LogP contribution in [-0.2, 0) is 0 Å². The Kier molecular flexibility index (Phi) is 1.95. The second-order valence-electron chi connectivity index (χ2n) is 2.00. The summed E-state index contributed by atoms with van der Waals surface area (Å²) in [5, 5.41) is 5.83. The molecule has 0 unspecified atom stereocenters. The van der Waals surface area contributed by atoms with E-state index in [0.717, 1.165) is 9.26 Å². The Morgan fingerprint density at radius 3 is 3.00 bits per heavy atom. The van der Waals surface area contributed by atoms with Gasteiger partial charge in [-0.1, -0.05) is 11.2 Å². The van der Waals surface area contributed by atoms with Gasteiger partial charge in [0.1, 0.15) is 6.26 Å². The van der Waals surface area contributed by atoms with Crippen LogP contribution in [0.1, 0.15) is 0 Å². The number of nitrogens with zero attached hydrogens (tertiary/aromatic N) is 1. The molecule has 2 nitrogen and oxygen atoms in total. The molecule has 4 heteroatoms. The van der Waals surface area contributed by atoms with Crippen LogP contribution in [0.5, 0.6) is 0 Å². The van der Waals surface area contributed by atoms with E-state index in [0.29, 0.717) is 0 Å². The maximum absolute atomic E-state index is 4.82. The lowest BCUT2D eigenvalue weighted by molar-refractivity contribution is 0.415. The van der Waals surface area contributed by atoms with Crippen molar-refractivity contribution < 1.29 is 4.52 Å². The Morgan fingerprint density at radius 1 is 1.55 bits per heavy atom. The van der Waals surface area contributed by atoms with Crippen molar-refractivity contribution in [1.82, 2.24) is 5.16 Å². The van der Waals surface area contributed by atoms with Crippen LogP contribution in [0, 0.1) is 3.70 Å². The molecule has 0 radical (unpaired) electrons. The summed E-state index contributed by atoms with van der Waals surface area (Å²) in [6.07, 6.45) is 1.67. The summed E-state index contributed by atoms with van der Waals surface area (Å²) in [5.74, 6) is 0. The number of halogens is 1. The first kappa shape index (κ1) is 7.30. The second-order valence-corrected chi connectivity index (χ2v) is 3.97. The summed E-state index contributed by atoms with van der Waals surface area (Å²) in [5.41, 5.74) is 1.08. The topological polar surface area (TPSA) is 26.0 Å². The Bertz CT molecular complexity index is 341. The molecule has 0 saturated heterocycles. The molecular weight excluding hydrogens is 273 g/mol. The number of thiophene rings is 1. The highest BCUT2D eigenvalue weighted by Crippen LogP contribution is 2.27. The third-order valence-corrected chi connectivity index (χ3v) is 2.99. The van der Waals surface area contributed by atoms with E-state index in [9.17, 15) is 0 Å². The lowest BCUT2D eigenvalue weighted by Crippen LogP contribution is -1.70. The molecule has 0 bridgehead atoms. The van der Waals surface area contributed by atoms with Crippen molar-refractivity contribution in [3.8, 4) is 10.4 Å². The molecule has 56 valence electrons. The number of aromatic nitrogens is 1. The molecule has 2 aromatic heterocycles. The number of hydrogen-bond acceptors (Lipinski definition) is 3. The first-order valence-corrected chi connectivity index (χ1v) is 4.97. The van der Waals surface area contributed by atoms with Crippen molar-refractivity contribution in [3.63, 3.8) is 0 Å². The number of hydrogen-bond donors (Lipinski definition) is 0. The maximum atomic E-state index is 4.82. The fourth-order valence-electron chi connectivity index (χ4n) is 0.815. The molecule has 0 amide bonds. The molecule has 0 spiro atoms. The highest BCUT2D eigenvalue weighted by atomic mass is 127. The van der Waals surface area contributed by atoms with Gasteiger partial charge in [-0.3, -0.25) is 0 Å². The quantitative estimate of drug-likeness (QED) is 0.749. The van der Waals surface area contributed by atoms with Gasteiger partial charge >= 0.3 is 0 Å². The molecule has 0 saturated carbocycles. The summed E-state index contributed by atoms with van der Waals surface area (Å²) < 4.78 is 5.74. The van der Waals surface area contributed by atoms with Crippen LogP contribution in [0.2, 0.25) is 0 Å². The maximum Gasteiger partial charge on any atom is 0.152 e. The summed E-state index contributed by atoms with van der Waals surface area (Å²) in [6.45, 7) is 0. The van der Waals surface area contributed by atoms with Crippen molar-refractivity contribution in [3.05, 3.63) is 27.5 Å². The van der Waals surface area contributed by atoms with Crippen LogP contribution in [0.25, 0.3) is 10.4 Å². The molecule has 2 rings (SSSR count). The van der Waals surface area contributed by atoms with Gasteiger partial charge in [0.05, 0.1) is 5.56 Å².